The number of hydrogen-bond acceptors (Lipinski definition) is 7. The van der Waals surface area contributed by atoms with Gasteiger partial charge in [-0.1, -0.05) is 11.3 Å². The van der Waals surface area contributed by atoms with Crippen molar-refractivity contribution in [2.45, 2.75) is 38.8 Å². The summed E-state index contributed by atoms with van der Waals surface area (Å²) in [4.78, 5) is 15.2. The zero-order chi connectivity index (χ0) is 22.9. The summed E-state index contributed by atoms with van der Waals surface area (Å²) in [5.74, 6) is 0.0218. The van der Waals surface area contributed by atoms with Gasteiger partial charge in [-0.05, 0) is 50.5 Å². The Morgan fingerprint density at radius 1 is 1.06 bits per heavy atom. The number of likely N-dealkylation sites (tertiary alicyclic amines) is 1. The van der Waals surface area contributed by atoms with Gasteiger partial charge in [0.15, 0.2) is 11.5 Å². The molecule has 0 atom stereocenters. The van der Waals surface area contributed by atoms with E-state index in [9.17, 15) is 4.79 Å². The van der Waals surface area contributed by atoms with E-state index in [-0.39, 0.29) is 17.6 Å². The van der Waals surface area contributed by atoms with Crippen LogP contribution in [0.15, 0.2) is 42.9 Å². The Kier molecular flexibility index (Phi) is 5.59. The molecule has 4 heterocycles. The maximum Gasteiger partial charge on any atom is 0.279 e. The van der Waals surface area contributed by atoms with Crippen LogP contribution in [0.25, 0.3) is 22.0 Å². The van der Waals surface area contributed by atoms with Crippen molar-refractivity contribution in [3.63, 3.8) is 0 Å². The molecule has 4 aromatic rings. The summed E-state index contributed by atoms with van der Waals surface area (Å²) in [6.07, 6.45) is 7.49. The molecule has 1 aliphatic rings. The average Bonchev–Trinajstić information content (AvgIpc) is 3.48. The Morgan fingerprint density at radius 3 is 2.61 bits per heavy atom. The van der Waals surface area contributed by atoms with E-state index in [1.807, 2.05) is 48.4 Å². The summed E-state index contributed by atoms with van der Waals surface area (Å²) in [5, 5.41) is 24.6. The van der Waals surface area contributed by atoms with Crippen molar-refractivity contribution in [1.82, 2.24) is 39.9 Å². The van der Waals surface area contributed by atoms with Crippen LogP contribution in [0.4, 0.5) is 5.82 Å². The first-order chi connectivity index (χ1) is 16.0. The van der Waals surface area contributed by atoms with Gasteiger partial charge in [0.25, 0.3) is 5.91 Å². The van der Waals surface area contributed by atoms with Gasteiger partial charge in [0.2, 0.25) is 0 Å². The molecule has 1 aliphatic heterocycles. The third-order valence-corrected chi connectivity index (χ3v) is 6.21. The average molecular weight is 446 g/mol. The van der Waals surface area contributed by atoms with Gasteiger partial charge < -0.3 is 10.2 Å². The van der Waals surface area contributed by atoms with Gasteiger partial charge in [-0.25, -0.2) is 4.68 Å². The van der Waals surface area contributed by atoms with E-state index >= 15 is 0 Å². The van der Waals surface area contributed by atoms with Gasteiger partial charge in [-0.2, -0.15) is 5.10 Å². The molecule has 0 spiro atoms. The molecule has 170 valence electrons. The third kappa shape index (κ3) is 4.47. The fourth-order valence-electron chi connectivity index (χ4n) is 4.26. The number of carbonyl (C=O) groups is 1. The third-order valence-electron chi connectivity index (χ3n) is 6.21. The summed E-state index contributed by atoms with van der Waals surface area (Å²) in [5.41, 5.74) is 3.05. The lowest BCUT2D eigenvalue weighted by Crippen LogP contribution is -2.39. The van der Waals surface area contributed by atoms with Crippen molar-refractivity contribution in [2.75, 3.05) is 18.4 Å². The van der Waals surface area contributed by atoms with Crippen LogP contribution >= 0.6 is 0 Å². The van der Waals surface area contributed by atoms with Crippen molar-refractivity contribution in [3.05, 3.63) is 48.5 Å². The largest absolute Gasteiger partial charge is 0.304 e. The normalized spacial score (nSPS) is 15.4. The lowest BCUT2D eigenvalue weighted by Gasteiger charge is -2.34. The molecule has 0 radical (unpaired) electrons. The van der Waals surface area contributed by atoms with Gasteiger partial charge in [0, 0.05) is 43.3 Å². The first kappa shape index (κ1) is 21.2. The van der Waals surface area contributed by atoms with E-state index in [1.165, 1.54) is 0 Å². The number of rotatable bonds is 5. The van der Waals surface area contributed by atoms with Crippen LogP contribution in [-0.4, -0.2) is 64.9 Å². The standard InChI is InChI=1S/C23H27N9O/c1-15(2)31-8-6-19(7-9-31)32-14-21(27-29-32)23(33)25-22-11-17-10-16(4-5-20(17)26-28-22)18-12-24-30(3)13-18/h4-5,10-15,19H,6-9H2,1-3H3,(H,25,28,33). The van der Waals surface area contributed by atoms with Crippen molar-refractivity contribution < 1.29 is 4.79 Å². The molecule has 10 heteroatoms. The summed E-state index contributed by atoms with van der Waals surface area (Å²) >= 11 is 0. The number of nitrogens with one attached hydrogen (secondary N) is 1. The molecule has 1 saturated heterocycles. The first-order valence-corrected chi connectivity index (χ1v) is 11.2. The van der Waals surface area contributed by atoms with Crippen LogP contribution in [0.3, 0.4) is 0 Å². The van der Waals surface area contributed by atoms with Crippen molar-refractivity contribution in [3.8, 4) is 11.1 Å². The van der Waals surface area contributed by atoms with Crippen LogP contribution in [0.1, 0.15) is 43.2 Å². The Balaban J connectivity index is 1.29. The number of piperidine rings is 1. The van der Waals surface area contributed by atoms with Gasteiger partial charge in [-0.15, -0.1) is 15.3 Å². The number of anilines is 1. The Morgan fingerprint density at radius 2 is 1.88 bits per heavy atom. The second kappa shape index (κ2) is 8.70. The first-order valence-electron chi connectivity index (χ1n) is 11.2. The number of hydrogen-bond donors (Lipinski definition) is 1. The van der Waals surface area contributed by atoms with Crippen molar-refractivity contribution >= 4 is 22.6 Å². The van der Waals surface area contributed by atoms with Crippen LogP contribution < -0.4 is 5.32 Å². The predicted octanol–water partition coefficient (Wildman–Crippen LogP) is 2.92. The van der Waals surface area contributed by atoms with Crippen molar-refractivity contribution in [1.29, 1.82) is 0 Å². The molecule has 0 unspecified atom stereocenters. The van der Waals surface area contributed by atoms with Crippen LogP contribution in [-0.2, 0) is 7.05 Å². The van der Waals surface area contributed by atoms with Crippen molar-refractivity contribution in [2.24, 2.45) is 7.05 Å². The maximum absolute atomic E-state index is 12.8. The van der Waals surface area contributed by atoms with Gasteiger partial charge in [-0.3, -0.25) is 9.48 Å². The van der Waals surface area contributed by atoms with E-state index < -0.39 is 0 Å². The monoisotopic (exact) mass is 445 g/mol. The summed E-state index contributed by atoms with van der Waals surface area (Å²) in [7, 11) is 1.88. The number of aryl methyl sites for hydroxylation is 1. The molecule has 0 aliphatic carbocycles. The highest BCUT2D eigenvalue weighted by Crippen LogP contribution is 2.25. The lowest BCUT2D eigenvalue weighted by molar-refractivity contribution is 0.102. The molecular formula is C23H27N9O. The van der Waals surface area contributed by atoms with E-state index in [0.717, 1.165) is 48.0 Å². The molecule has 1 N–H and O–H groups in total. The zero-order valence-electron chi connectivity index (χ0n) is 19.0. The molecular weight excluding hydrogens is 418 g/mol. The smallest absolute Gasteiger partial charge is 0.279 e. The SMILES string of the molecule is CC(C)N1CCC(n2cc(C(=O)Nc3cc4cc(-c5cnn(C)c5)ccc4nn3)nn2)CC1. The number of benzene rings is 1. The second-order valence-corrected chi connectivity index (χ2v) is 8.80. The molecule has 1 fully saturated rings. The van der Waals surface area contributed by atoms with Crippen LogP contribution in [0, 0.1) is 0 Å². The minimum absolute atomic E-state index is 0.264. The van der Waals surface area contributed by atoms with Gasteiger partial charge in [0.1, 0.15) is 0 Å². The lowest BCUT2D eigenvalue weighted by atomic mass is 10.0. The maximum atomic E-state index is 12.8. The number of fused-ring (bicyclic) bond motifs is 1. The molecule has 10 nitrogen and oxygen atoms in total. The molecule has 1 aromatic carbocycles. The number of aromatic nitrogens is 7. The molecule has 33 heavy (non-hydrogen) atoms. The zero-order valence-corrected chi connectivity index (χ0v) is 19.0. The quantitative estimate of drug-likeness (QED) is 0.503. The molecule has 3 aromatic heterocycles. The second-order valence-electron chi connectivity index (χ2n) is 8.80. The highest BCUT2D eigenvalue weighted by Gasteiger charge is 2.24. The number of carbonyl (C=O) groups excluding carboxylic acids is 1. The van der Waals surface area contributed by atoms with Gasteiger partial charge >= 0.3 is 0 Å². The Hall–Kier alpha value is -3.66. The topological polar surface area (TPSA) is 107 Å². The van der Waals surface area contributed by atoms with Gasteiger partial charge in [0.05, 0.1) is 24.0 Å². The van der Waals surface area contributed by atoms with E-state index in [1.54, 1.807) is 10.9 Å². The van der Waals surface area contributed by atoms with E-state index in [2.05, 4.69) is 49.7 Å². The highest BCUT2D eigenvalue weighted by molar-refractivity contribution is 6.02. The summed E-state index contributed by atoms with van der Waals surface area (Å²) in [6, 6.07) is 8.53. The fraction of sp³-hybridized carbons (Fsp3) is 0.391. The number of amides is 1. The Labute approximate surface area is 191 Å². The predicted molar refractivity (Wildman–Crippen MR) is 125 cm³/mol. The molecule has 0 saturated carbocycles. The summed E-state index contributed by atoms with van der Waals surface area (Å²) in [6.45, 7) is 6.48. The number of nitrogens with zero attached hydrogens (tertiary/aromatic N) is 8. The minimum atomic E-state index is -0.349. The van der Waals surface area contributed by atoms with E-state index in [0.29, 0.717) is 11.9 Å². The molecule has 1 amide bonds. The molecule has 5 rings (SSSR count). The van der Waals surface area contributed by atoms with Crippen LogP contribution in [0.2, 0.25) is 0 Å². The highest BCUT2D eigenvalue weighted by atomic mass is 16.2. The molecule has 0 bridgehead atoms. The minimum Gasteiger partial charge on any atom is -0.304 e. The Bertz CT molecular complexity index is 1280. The summed E-state index contributed by atoms with van der Waals surface area (Å²) < 4.78 is 3.58. The van der Waals surface area contributed by atoms with E-state index in [4.69, 9.17) is 0 Å². The fourth-order valence-corrected chi connectivity index (χ4v) is 4.26. The van der Waals surface area contributed by atoms with Crippen LogP contribution in [0.5, 0.6) is 0 Å².